The number of methoxy groups -OCH3 is 2. The Hall–Kier alpha value is -2.75. The lowest BCUT2D eigenvalue weighted by atomic mass is 10.2. The van der Waals surface area contributed by atoms with E-state index in [2.05, 4.69) is 0 Å². The first kappa shape index (κ1) is 34.3. The van der Waals surface area contributed by atoms with Crippen LogP contribution in [-0.2, 0) is 29.2 Å². The van der Waals surface area contributed by atoms with Gasteiger partial charge in [-0.25, -0.2) is 16.8 Å². The highest BCUT2D eigenvalue weighted by atomic mass is 32.2. The third-order valence-electron chi connectivity index (χ3n) is 5.56. The Labute approximate surface area is 230 Å². The van der Waals surface area contributed by atoms with E-state index in [0.29, 0.717) is 11.5 Å². The van der Waals surface area contributed by atoms with Crippen molar-refractivity contribution in [3.63, 3.8) is 0 Å². The standard InChI is InChI=1S/C15H24N2O5S.C10H16N2O3S/c1-3-4-9-22-15(18)13(16)10-14(17)23(19,20)12-7-5-11(21-2)6-8-12;1-15-8-2-4-9(5-3-8)16(13,14)10(12)6-7-11/h5-8,13-14H,3-4,9-10,16-17H2,1-2H3;2-5,10H,6-7,11-12H2,1H3/t13-,14?;/m1./s1. The van der Waals surface area contributed by atoms with Gasteiger partial charge in [0, 0.05) is 6.42 Å². The van der Waals surface area contributed by atoms with E-state index >= 15 is 0 Å². The number of unbranched alkanes of at least 4 members (excludes halogenated alkanes) is 1. The highest BCUT2D eigenvalue weighted by molar-refractivity contribution is 7.92. The van der Waals surface area contributed by atoms with Crippen LogP contribution >= 0.6 is 0 Å². The number of hydrogen-bond donors (Lipinski definition) is 4. The molecule has 0 heterocycles. The molecule has 3 atom stereocenters. The van der Waals surface area contributed by atoms with E-state index in [0.717, 1.165) is 12.8 Å². The average molecular weight is 589 g/mol. The zero-order valence-corrected chi connectivity index (χ0v) is 24.1. The predicted molar refractivity (Wildman–Crippen MR) is 148 cm³/mol. The second-order valence-electron chi connectivity index (χ2n) is 8.46. The van der Waals surface area contributed by atoms with Gasteiger partial charge in [-0.3, -0.25) is 4.79 Å². The summed E-state index contributed by atoms with van der Waals surface area (Å²) in [4.78, 5) is 11.9. The van der Waals surface area contributed by atoms with Gasteiger partial charge in [0.25, 0.3) is 0 Å². The summed E-state index contributed by atoms with van der Waals surface area (Å²) in [6, 6.07) is 10.9. The topological polar surface area (TPSA) is 217 Å². The summed E-state index contributed by atoms with van der Waals surface area (Å²) in [7, 11) is -4.27. The van der Waals surface area contributed by atoms with Crippen LogP contribution in [0.15, 0.2) is 58.3 Å². The van der Waals surface area contributed by atoms with E-state index in [1.807, 2.05) is 6.92 Å². The van der Waals surface area contributed by atoms with Gasteiger partial charge in [-0.2, -0.15) is 0 Å². The van der Waals surface area contributed by atoms with E-state index in [9.17, 15) is 21.6 Å². The predicted octanol–water partition coefficient (Wildman–Crippen LogP) is 0.917. The Kier molecular flexibility index (Phi) is 14.4. The molecule has 8 N–H and O–H groups in total. The molecule has 0 aliphatic rings. The maximum absolute atomic E-state index is 12.4. The van der Waals surface area contributed by atoms with Gasteiger partial charge in [-0.15, -0.1) is 0 Å². The Bertz CT molecular complexity index is 1220. The van der Waals surface area contributed by atoms with Crippen molar-refractivity contribution < 1.29 is 35.8 Å². The normalized spacial score (nSPS) is 13.8. The van der Waals surface area contributed by atoms with Crippen LogP contribution in [0, 0.1) is 0 Å². The molecule has 0 saturated carbocycles. The highest BCUT2D eigenvalue weighted by Gasteiger charge is 2.29. The molecule has 14 heteroatoms. The summed E-state index contributed by atoms with van der Waals surface area (Å²) in [5, 5.41) is -2.24. The van der Waals surface area contributed by atoms with Gasteiger partial charge in [0.05, 0.1) is 30.6 Å². The van der Waals surface area contributed by atoms with Gasteiger partial charge in [0.15, 0.2) is 19.7 Å². The maximum atomic E-state index is 12.4. The minimum atomic E-state index is -3.78. The Morgan fingerprint density at radius 3 is 1.62 bits per heavy atom. The fourth-order valence-corrected chi connectivity index (χ4v) is 5.73. The zero-order valence-electron chi connectivity index (χ0n) is 22.5. The number of carbonyl (C=O) groups excluding carboxylic acids is 1. The third-order valence-corrected chi connectivity index (χ3v) is 9.44. The average Bonchev–Trinajstić information content (AvgIpc) is 2.93. The smallest absolute Gasteiger partial charge is 0.323 e. The molecular weight excluding hydrogens is 548 g/mol. The van der Waals surface area contributed by atoms with Crippen molar-refractivity contribution >= 4 is 25.6 Å². The number of sulfone groups is 2. The largest absolute Gasteiger partial charge is 0.497 e. The number of ether oxygens (including phenoxy) is 3. The molecule has 0 bridgehead atoms. The summed E-state index contributed by atoms with van der Waals surface area (Å²) in [5.41, 5.74) is 22.3. The van der Waals surface area contributed by atoms with Crippen molar-refractivity contribution in [3.05, 3.63) is 48.5 Å². The molecule has 12 nitrogen and oxygen atoms in total. The third kappa shape index (κ3) is 10.4. The SMILES string of the molecule is CCCCOC(=O)[C@H](N)CC(N)S(=O)(=O)c1ccc(OC)cc1.COc1ccc(S(=O)(=O)C(N)CCN)cc1. The molecule has 0 radical (unpaired) electrons. The number of carbonyl (C=O) groups is 1. The molecule has 2 aromatic carbocycles. The van der Waals surface area contributed by atoms with Crippen LogP contribution in [0.4, 0.5) is 0 Å². The molecule has 2 aromatic rings. The lowest BCUT2D eigenvalue weighted by Crippen LogP contribution is -2.42. The van der Waals surface area contributed by atoms with Crippen LogP contribution in [-0.4, -0.2) is 67.0 Å². The Morgan fingerprint density at radius 1 is 0.795 bits per heavy atom. The number of nitrogens with two attached hydrogens (primary N) is 4. The molecule has 0 saturated heterocycles. The first-order valence-electron chi connectivity index (χ1n) is 12.2. The fourth-order valence-electron chi connectivity index (χ4n) is 3.10. The second kappa shape index (κ2) is 16.4. The molecule has 0 amide bonds. The Morgan fingerprint density at radius 2 is 1.23 bits per heavy atom. The first-order valence-corrected chi connectivity index (χ1v) is 15.3. The van der Waals surface area contributed by atoms with Gasteiger partial charge in [0.2, 0.25) is 0 Å². The molecule has 0 aromatic heterocycles. The van der Waals surface area contributed by atoms with Gasteiger partial charge < -0.3 is 37.1 Å². The van der Waals surface area contributed by atoms with Crippen molar-refractivity contribution in [2.45, 2.75) is 59.2 Å². The maximum Gasteiger partial charge on any atom is 0.323 e. The van der Waals surface area contributed by atoms with Crippen LogP contribution < -0.4 is 32.4 Å². The molecule has 39 heavy (non-hydrogen) atoms. The van der Waals surface area contributed by atoms with Crippen LogP contribution in [0.1, 0.15) is 32.6 Å². The highest BCUT2D eigenvalue weighted by Crippen LogP contribution is 2.20. The summed E-state index contributed by atoms with van der Waals surface area (Å²) in [6.45, 7) is 2.48. The summed E-state index contributed by atoms with van der Waals surface area (Å²) < 4.78 is 63.4. The van der Waals surface area contributed by atoms with Crippen molar-refractivity contribution in [1.82, 2.24) is 0 Å². The lowest BCUT2D eigenvalue weighted by Gasteiger charge is -2.17. The molecule has 0 spiro atoms. The minimum Gasteiger partial charge on any atom is -0.497 e. The van der Waals surface area contributed by atoms with Crippen molar-refractivity contribution in [1.29, 1.82) is 0 Å². The quantitative estimate of drug-likeness (QED) is 0.179. The molecule has 220 valence electrons. The van der Waals surface area contributed by atoms with Crippen molar-refractivity contribution in [2.24, 2.45) is 22.9 Å². The van der Waals surface area contributed by atoms with E-state index in [4.69, 9.17) is 37.1 Å². The van der Waals surface area contributed by atoms with Gasteiger partial charge in [-0.1, -0.05) is 13.3 Å². The van der Waals surface area contributed by atoms with Gasteiger partial charge in [-0.05, 0) is 67.9 Å². The monoisotopic (exact) mass is 588 g/mol. The molecule has 0 aliphatic heterocycles. The molecule has 2 rings (SSSR count). The van der Waals surface area contributed by atoms with E-state index < -0.39 is 42.4 Å². The van der Waals surface area contributed by atoms with E-state index in [1.165, 1.54) is 50.6 Å². The molecule has 2 unspecified atom stereocenters. The summed E-state index contributed by atoms with van der Waals surface area (Å²) in [5.74, 6) is 0.499. The lowest BCUT2D eigenvalue weighted by molar-refractivity contribution is -0.145. The first-order chi connectivity index (χ1) is 18.3. The number of esters is 1. The van der Waals surface area contributed by atoms with Crippen LogP contribution in [0.25, 0.3) is 0 Å². The molecule has 0 aliphatic carbocycles. The number of benzene rings is 2. The van der Waals surface area contributed by atoms with Crippen molar-refractivity contribution in [3.8, 4) is 11.5 Å². The second-order valence-corrected chi connectivity index (χ2v) is 12.8. The molecular formula is C25H40N4O8S2. The summed E-state index contributed by atoms with van der Waals surface area (Å²) in [6.07, 6.45) is 1.65. The minimum absolute atomic E-state index is 0.0531. The van der Waals surface area contributed by atoms with E-state index in [-0.39, 0.29) is 35.8 Å². The van der Waals surface area contributed by atoms with Crippen LogP contribution in [0.5, 0.6) is 11.5 Å². The molecule has 0 fully saturated rings. The number of rotatable bonds is 14. The van der Waals surface area contributed by atoms with Crippen LogP contribution in [0.3, 0.4) is 0 Å². The number of hydrogen-bond acceptors (Lipinski definition) is 12. The van der Waals surface area contributed by atoms with Crippen molar-refractivity contribution in [2.75, 3.05) is 27.4 Å². The zero-order chi connectivity index (χ0) is 29.6. The van der Waals surface area contributed by atoms with Crippen LogP contribution in [0.2, 0.25) is 0 Å². The van der Waals surface area contributed by atoms with E-state index in [1.54, 1.807) is 12.1 Å². The summed E-state index contributed by atoms with van der Waals surface area (Å²) >= 11 is 0. The van der Waals surface area contributed by atoms with Gasteiger partial charge in [0.1, 0.15) is 28.3 Å². The van der Waals surface area contributed by atoms with Gasteiger partial charge >= 0.3 is 5.97 Å². The fraction of sp³-hybridized carbons (Fsp3) is 0.480. The Balaban J connectivity index is 0.000000416.